The Morgan fingerprint density at radius 3 is 1.24 bits per heavy atom. The molecule has 25 heavy (non-hydrogen) atoms. The average molecular weight is 408 g/mol. The van der Waals surface area contributed by atoms with Crippen LogP contribution < -0.4 is 15.1 Å². The topological polar surface area (TPSA) is 63.2 Å². The zero-order valence-corrected chi connectivity index (χ0v) is 20.4. The zero-order valence-electron chi connectivity index (χ0n) is 17.7. The summed E-state index contributed by atoms with van der Waals surface area (Å²) in [4.78, 5) is 20.8. The van der Waals surface area contributed by atoms with Gasteiger partial charge in [0.05, 0.1) is 24.6 Å². The molecule has 1 aromatic rings. The summed E-state index contributed by atoms with van der Waals surface area (Å²) in [5, 5.41) is -0.150. The highest BCUT2D eigenvalue weighted by Gasteiger charge is 2.27. The number of hydrogen-bond acceptors (Lipinski definition) is 3. The van der Waals surface area contributed by atoms with E-state index in [0.29, 0.717) is 0 Å². The third-order valence-electron chi connectivity index (χ3n) is 4.03. The van der Waals surface area contributed by atoms with Crippen molar-refractivity contribution >= 4 is 27.4 Å². The van der Waals surface area contributed by atoms with Crippen LogP contribution in [0.3, 0.4) is 0 Å². The van der Waals surface area contributed by atoms with E-state index in [-0.39, 0.29) is 12.6 Å². The van der Waals surface area contributed by atoms with Gasteiger partial charge in [-0.15, -0.1) is 0 Å². The van der Waals surface area contributed by atoms with Crippen molar-refractivity contribution in [2.24, 2.45) is 0 Å². The lowest BCUT2D eigenvalue weighted by Crippen LogP contribution is -2.24. The summed E-state index contributed by atoms with van der Waals surface area (Å²) in [5.41, 5.74) is 0.933. The van der Waals surface area contributed by atoms with Crippen molar-refractivity contribution in [3.05, 3.63) is 29.8 Å². The van der Waals surface area contributed by atoms with Gasteiger partial charge in [0.15, 0.2) is 0 Å². The lowest BCUT2D eigenvalue weighted by atomic mass is 10.2. The van der Waals surface area contributed by atoms with Gasteiger partial charge < -0.3 is 14.4 Å². The van der Waals surface area contributed by atoms with Crippen LogP contribution in [0.5, 0.6) is 0 Å². The van der Waals surface area contributed by atoms with Gasteiger partial charge in [0.25, 0.3) is 0 Å². The van der Waals surface area contributed by atoms with Crippen LogP contribution in [0.2, 0.25) is 0 Å². The Kier molecular flexibility index (Phi) is 13.8. The quantitative estimate of drug-likeness (QED) is 0.688. The Morgan fingerprint density at radius 2 is 1.08 bits per heavy atom. The molecule has 0 saturated heterocycles. The molecule has 3 nitrogen and oxygen atoms in total. The van der Waals surface area contributed by atoms with Crippen molar-refractivity contribution in [3.63, 3.8) is 0 Å². The first kappa shape index (κ1) is 27.4. The minimum absolute atomic E-state index is 0.150. The fraction of sp³-hybridized carbons (Fsp3) is 0.684. The first-order valence-electron chi connectivity index (χ1n) is 8.97. The SMILES string of the molecule is CC[P+](CC)(CC)CC.C[P+](C)(C)C.Cc1ccc(P(=O)([O-])[O-])cc1. The second-order valence-corrected chi connectivity index (χ2v) is 19.7. The molecular formula is C19H39O3P3. The first-order chi connectivity index (χ1) is 11.2. The van der Waals surface area contributed by atoms with Gasteiger partial charge in [-0.05, 0) is 47.5 Å². The predicted octanol–water partition coefficient (Wildman–Crippen LogP) is 4.14. The third kappa shape index (κ3) is 15.0. The molecule has 0 aromatic heterocycles. The minimum atomic E-state index is -4.54. The molecule has 0 heterocycles. The molecule has 0 amide bonds. The summed E-state index contributed by atoms with van der Waals surface area (Å²) in [6.07, 6.45) is 5.82. The predicted molar refractivity (Wildman–Crippen MR) is 118 cm³/mol. The van der Waals surface area contributed by atoms with Gasteiger partial charge in [-0.2, -0.15) is 0 Å². The maximum Gasteiger partial charge on any atom is 0.0565 e. The van der Waals surface area contributed by atoms with Crippen molar-refractivity contribution in [1.29, 1.82) is 0 Å². The van der Waals surface area contributed by atoms with Crippen molar-refractivity contribution in [3.8, 4) is 0 Å². The summed E-state index contributed by atoms with van der Waals surface area (Å²) in [6.45, 7) is 20.4. The molecule has 1 rings (SSSR count). The summed E-state index contributed by atoms with van der Waals surface area (Å²) in [5.74, 6) is 0. The van der Waals surface area contributed by atoms with Crippen LogP contribution >= 0.6 is 22.1 Å². The lowest BCUT2D eigenvalue weighted by molar-refractivity contribution is -0.307. The maximum absolute atomic E-state index is 10.4. The third-order valence-corrected chi connectivity index (χ3v) is 10.3. The molecule has 0 fully saturated rings. The van der Waals surface area contributed by atoms with E-state index >= 15 is 0 Å². The molecule has 6 heteroatoms. The van der Waals surface area contributed by atoms with Crippen LogP contribution in [0.15, 0.2) is 24.3 Å². The number of hydrogen-bond donors (Lipinski definition) is 0. The van der Waals surface area contributed by atoms with Gasteiger partial charge in [-0.3, -0.25) is 0 Å². The molecule has 0 bridgehead atoms. The largest absolute Gasteiger partial charge is 0.807 e. The molecule has 0 radical (unpaired) electrons. The van der Waals surface area contributed by atoms with Gasteiger partial charge >= 0.3 is 0 Å². The van der Waals surface area contributed by atoms with E-state index in [0.717, 1.165) is 5.56 Å². The highest BCUT2D eigenvalue weighted by Crippen LogP contribution is 2.57. The Labute approximate surface area is 157 Å². The van der Waals surface area contributed by atoms with Crippen molar-refractivity contribution in [2.45, 2.75) is 34.6 Å². The van der Waals surface area contributed by atoms with Crippen LogP contribution in [0, 0.1) is 6.92 Å². The summed E-state index contributed by atoms with van der Waals surface area (Å²) >= 11 is 0. The second-order valence-electron chi connectivity index (χ2n) is 7.62. The lowest BCUT2D eigenvalue weighted by Gasteiger charge is -2.29. The Bertz CT molecular complexity index is 474. The van der Waals surface area contributed by atoms with Crippen molar-refractivity contribution in [1.82, 2.24) is 0 Å². The summed E-state index contributed by atoms with van der Waals surface area (Å²) in [7, 11) is -5.35. The molecule has 148 valence electrons. The van der Waals surface area contributed by atoms with E-state index in [1.807, 2.05) is 6.92 Å². The van der Waals surface area contributed by atoms with Gasteiger partial charge in [-0.25, -0.2) is 0 Å². The summed E-state index contributed by atoms with van der Waals surface area (Å²) < 4.78 is 10.4. The van der Waals surface area contributed by atoms with Crippen LogP contribution in [-0.4, -0.2) is 51.3 Å². The van der Waals surface area contributed by atoms with E-state index in [1.54, 1.807) is 12.1 Å². The number of benzene rings is 1. The maximum atomic E-state index is 10.4. The molecule has 0 spiro atoms. The summed E-state index contributed by atoms with van der Waals surface area (Å²) in [6, 6.07) is 5.82. The Hall–Kier alpha value is 0.230. The highest BCUT2D eigenvalue weighted by molar-refractivity contribution is 7.75. The number of aryl methyl sites for hydroxylation is 1. The van der Waals surface area contributed by atoms with E-state index in [1.165, 1.54) is 36.8 Å². The highest BCUT2D eigenvalue weighted by atomic mass is 31.2. The number of rotatable bonds is 5. The normalized spacial score (nSPS) is 11.8. The first-order valence-corrected chi connectivity index (χ1v) is 16.6. The van der Waals surface area contributed by atoms with E-state index in [9.17, 15) is 14.4 Å². The monoisotopic (exact) mass is 408 g/mol. The van der Waals surface area contributed by atoms with Gasteiger partial charge in [-0.1, -0.05) is 29.8 Å². The van der Waals surface area contributed by atoms with Crippen LogP contribution in [0.25, 0.3) is 0 Å². The minimum Gasteiger partial charge on any atom is -0.807 e. The van der Waals surface area contributed by atoms with Crippen LogP contribution in [0.1, 0.15) is 33.3 Å². The van der Waals surface area contributed by atoms with Crippen LogP contribution in [-0.2, 0) is 4.57 Å². The van der Waals surface area contributed by atoms with Crippen molar-refractivity contribution in [2.75, 3.05) is 51.3 Å². The van der Waals surface area contributed by atoms with Gasteiger partial charge in [0.2, 0.25) is 0 Å². The van der Waals surface area contributed by atoms with Gasteiger partial charge in [0.1, 0.15) is 0 Å². The molecule has 0 atom stereocenters. The van der Waals surface area contributed by atoms with E-state index in [4.69, 9.17) is 0 Å². The zero-order chi connectivity index (χ0) is 20.3. The van der Waals surface area contributed by atoms with Crippen LogP contribution in [0.4, 0.5) is 0 Å². The molecule has 0 saturated carbocycles. The molecule has 0 unspecified atom stereocenters. The van der Waals surface area contributed by atoms with Gasteiger partial charge in [0, 0.05) is 41.2 Å². The fourth-order valence-corrected chi connectivity index (χ4v) is 5.27. The van der Waals surface area contributed by atoms with E-state index in [2.05, 4.69) is 54.4 Å². The second kappa shape index (κ2) is 12.6. The fourth-order valence-electron chi connectivity index (χ4n) is 2.07. The Morgan fingerprint density at radius 1 is 0.800 bits per heavy atom. The molecule has 0 N–H and O–H groups in total. The molecule has 0 aliphatic heterocycles. The Balaban J connectivity index is 0. The standard InChI is InChI=1S/C8H20P.C7H9O3P.C4H12P/c1-5-9(6-2,7-3)8-4;1-6-2-4-7(5-3-6)11(8,9)10;1-5(2,3)4/h5-8H2,1-4H3;2-5H,1H3,(H2,8,9,10);1-4H3/q+1;;+1/p-2. The molecule has 1 aromatic carbocycles. The molecular weight excluding hydrogens is 369 g/mol. The molecule has 0 aliphatic rings. The van der Waals surface area contributed by atoms with Crippen molar-refractivity contribution < 1.29 is 14.4 Å². The van der Waals surface area contributed by atoms with E-state index < -0.39 is 14.9 Å². The average Bonchev–Trinajstić information content (AvgIpc) is 2.49. The smallest absolute Gasteiger partial charge is 0.0565 e. The molecule has 0 aliphatic carbocycles.